The molecule has 3 nitrogen and oxygen atoms in total. The highest BCUT2D eigenvalue weighted by atomic mass is 16.3. The van der Waals surface area contributed by atoms with Crippen molar-refractivity contribution in [1.82, 2.24) is 4.90 Å². The highest BCUT2D eigenvalue weighted by Gasteiger charge is 2.24. The molecule has 0 saturated heterocycles. The Balaban J connectivity index is 0.00000149. The molecule has 33 heavy (non-hydrogen) atoms. The molecule has 0 unspecified atom stereocenters. The number of phenols is 1. The molecule has 0 fully saturated rings. The van der Waals surface area contributed by atoms with Gasteiger partial charge in [0.2, 0.25) is 0 Å². The molecule has 0 atom stereocenters. The number of aromatic hydroxyl groups is 1. The molecule has 4 rings (SSSR count). The first-order chi connectivity index (χ1) is 16.0. The number of phenolic OH excluding ortho intramolecular Hbond substituents is 1. The Kier molecular flexibility index (Phi) is 8.96. The van der Waals surface area contributed by atoms with Gasteiger partial charge in [-0.3, -0.25) is 4.90 Å². The van der Waals surface area contributed by atoms with Crippen LogP contribution in [0, 0.1) is 6.92 Å². The van der Waals surface area contributed by atoms with E-state index in [4.69, 9.17) is 0 Å². The van der Waals surface area contributed by atoms with E-state index in [0.717, 1.165) is 50.3 Å². The van der Waals surface area contributed by atoms with Crippen LogP contribution in [0.2, 0.25) is 0 Å². The second kappa shape index (κ2) is 11.9. The van der Waals surface area contributed by atoms with Crippen molar-refractivity contribution in [2.45, 2.75) is 53.4 Å². The van der Waals surface area contributed by atoms with Crippen molar-refractivity contribution < 1.29 is 5.11 Å². The number of unbranched alkanes of at least 4 members (excludes halogenated alkanes) is 2. The molecule has 2 heterocycles. The van der Waals surface area contributed by atoms with Gasteiger partial charge in [-0.1, -0.05) is 56.3 Å². The number of hydrogen-bond acceptors (Lipinski definition) is 3. The predicted molar refractivity (Wildman–Crippen MR) is 144 cm³/mol. The summed E-state index contributed by atoms with van der Waals surface area (Å²) in [6.07, 6.45) is 6.93. The number of hydrogen-bond donors (Lipinski definition) is 2. The summed E-state index contributed by atoms with van der Waals surface area (Å²) in [6, 6.07) is 14.2. The van der Waals surface area contributed by atoms with E-state index in [1.165, 1.54) is 46.3 Å². The van der Waals surface area contributed by atoms with Gasteiger partial charge >= 0.3 is 0 Å². The molecule has 0 aromatic heterocycles. The second-order valence-electron chi connectivity index (χ2n) is 8.90. The fourth-order valence-corrected chi connectivity index (χ4v) is 4.82. The van der Waals surface area contributed by atoms with E-state index in [1.807, 2.05) is 26.0 Å². The summed E-state index contributed by atoms with van der Waals surface area (Å²) in [5.41, 5.74) is 10.3. The molecule has 0 saturated carbocycles. The molecule has 2 N–H and O–H groups in total. The normalized spacial score (nSPS) is 15.7. The number of anilines is 1. The first-order valence-corrected chi connectivity index (χ1v) is 12.5. The summed E-state index contributed by atoms with van der Waals surface area (Å²) in [5.74, 6) is 0.351. The van der Waals surface area contributed by atoms with Gasteiger partial charge in [-0.2, -0.15) is 0 Å². The molecule has 2 aromatic carbocycles. The summed E-state index contributed by atoms with van der Waals surface area (Å²) in [4.78, 5) is 2.58. The molecular weight excluding hydrogens is 404 g/mol. The highest BCUT2D eigenvalue weighted by Crippen LogP contribution is 2.37. The van der Waals surface area contributed by atoms with Gasteiger partial charge in [0.1, 0.15) is 5.75 Å². The Bertz CT molecular complexity index is 1030. The summed E-state index contributed by atoms with van der Waals surface area (Å²) in [6.45, 7) is 16.7. The first kappa shape index (κ1) is 24.9. The van der Waals surface area contributed by atoms with Crippen LogP contribution in [0.25, 0.3) is 11.1 Å². The Morgan fingerprint density at radius 2 is 1.94 bits per heavy atom. The maximum absolute atomic E-state index is 9.89. The zero-order chi connectivity index (χ0) is 23.8. The number of nitrogens with one attached hydrogen (secondary N) is 1. The summed E-state index contributed by atoms with van der Waals surface area (Å²) < 4.78 is 0. The third-order valence-electron chi connectivity index (χ3n) is 6.51. The average molecular weight is 445 g/mol. The standard InChI is InChI=1S/C28H34N2O.C2H6/c1-20(2)24(25-11-7-6-9-21(25)3)10-5-4-8-15-30-16-14-26-22(19-30)18-29-28-13-12-23(31)17-27(26)28;1-2/h6-7,9-13,17,29,31H,1,4-5,8,14-16,18-19H2,2-3H3;1-2H3/b24-10-;. The third-order valence-corrected chi connectivity index (χ3v) is 6.51. The van der Waals surface area contributed by atoms with Crippen molar-refractivity contribution in [3.63, 3.8) is 0 Å². The van der Waals surface area contributed by atoms with Crippen LogP contribution in [0.5, 0.6) is 5.75 Å². The minimum atomic E-state index is 0.351. The quantitative estimate of drug-likeness (QED) is 0.265. The minimum Gasteiger partial charge on any atom is -0.508 e. The van der Waals surface area contributed by atoms with Gasteiger partial charge in [0.05, 0.1) is 0 Å². The smallest absolute Gasteiger partial charge is 0.116 e. The molecule has 0 radical (unpaired) electrons. The molecular formula is C30H40N2O. The maximum Gasteiger partial charge on any atom is 0.116 e. The molecule has 2 aliphatic heterocycles. The molecule has 2 aromatic rings. The van der Waals surface area contributed by atoms with Gasteiger partial charge in [-0.15, -0.1) is 0 Å². The van der Waals surface area contributed by atoms with Crippen LogP contribution >= 0.6 is 0 Å². The van der Waals surface area contributed by atoms with Crippen LogP contribution < -0.4 is 5.32 Å². The number of rotatable bonds is 7. The Labute approximate surface area is 200 Å². The number of allylic oxidation sites excluding steroid dienone is 3. The minimum absolute atomic E-state index is 0.351. The molecule has 0 spiro atoms. The lowest BCUT2D eigenvalue weighted by atomic mass is 9.89. The Morgan fingerprint density at radius 3 is 2.70 bits per heavy atom. The van der Waals surface area contributed by atoms with Crippen molar-refractivity contribution in [1.29, 1.82) is 0 Å². The van der Waals surface area contributed by atoms with E-state index in [9.17, 15) is 5.11 Å². The monoisotopic (exact) mass is 444 g/mol. The fourth-order valence-electron chi connectivity index (χ4n) is 4.82. The van der Waals surface area contributed by atoms with Gasteiger partial charge < -0.3 is 10.4 Å². The molecule has 176 valence electrons. The number of aryl methyl sites for hydroxylation is 1. The largest absolute Gasteiger partial charge is 0.508 e. The van der Waals surface area contributed by atoms with Crippen LogP contribution in [-0.4, -0.2) is 36.2 Å². The van der Waals surface area contributed by atoms with Crippen LogP contribution in [-0.2, 0) is 0 Å². The topological polar surface area (TPSA) is 35.5 Å². The van der Waals surface area contributed by atoms with E-state index in [2.05, 4.69) is 61.0 Å². The zero-order valence-corrected chi connectivity index (χ0v) is 20.9. The van der Waals surface area contributed by atoms with E-state index < -0.39 is 0 Å². The Hall–Kier alpha value is -2.78. The predicted octanol–water partition coefficient (Wildman–Crippen LogP) is 7.44. The van der Waals surface area contributed by atoms with Crippen molar-refractivity contribution in [3.8, 4) is 5.75 Å². The van der Waals surface area contributed by atoms with Crippen LogP contribution in [0.4, 0.5) is 5.69 Å². The molecule has 0 amide bonds. The van der Waals surface area contributed by atoms with Gasteiger partial charge in [0.25, 0.3) is 0 Å². The summed E-state index contributed by atoms with van der Waals surface area (Å²) in [7, 11) is 0. The first-order valence-electron chi connectivity index (χ1n) is 12.5. The van der Waals surface area contributed by atoms with E-state index in [1.54, 1.807) is 6.07 Å². The maximum atomic E-state index is 9.89. The number of fused-ring (bicyclic) bond motifs is 2. The van der Waals surface area contributed by atoms with Crippen LogP contribution in [0.3, 0.4) is 0 Å². The summed E-state index contributed by atoms with van der Waals surface area (Å²) in [5, 5.41) is 13.4. The van der Waals surface area contributed by atoms with E-state index in [0.29, 0.717) is 5.75 Å². The van der Waals surface area contributed by atoms with Gasteiger partial charge in [0.15, 0.2) is 0 Å². The average Bonchev–Trinajstić information content (AvgIpc) is 2.83. The zero-order valence-electron chi connectivity index (χ0n) is 20.9. The van der Waals surface area contributed by atoms with Crippen molar-refractivity contribution in [2.24, 2.45) is 0 Å². The van der Waals surface area contributed by atoms with Gasteiger partial charge in [0, 0.05) is 30.9 Å². The number of benzene rings is 2. The fraction of sp³-hybridized carbons (Fsp3) is 0.400. The molecule has 3 heteroatoms. The van der Waals surface area contributed by atoms with Gasteiger partial charge in [-0.05, 0) is 92.1 Å². The highest BCUT2D eigenvalue weighted by molar-refractivity contribution is 5.83. The lowest BCUT2D eigenvalue weighted by Gasteiger charge is -2.35. The van der Waals surface area contributed by atoms with Crippen LogP contribution in [0.1, 0.15) is 63.1 Å². The van der Waals surface area contributed by atoms with Crippen molar-refractivity contribution in [3.05, 3.63) is 83.0 Å². The van der Waals surface area contributed by atoms with Gasteiger partial charge in [-0.25, -0.2) is 0 Å². The number of nitrogens with zero attached hydrogens (tertiary/aromatic N) is 1. The van der Waals surface area contributed by atoms with E-state index in [-0.39, 0.29) is 0 Å². The van der Waals surface area contributed by atoms with Crippen LogP contribution in [0.15, 0.2) is 66.3 Å². The molecule has 0 aliphatic carbocycles. The third kappa shape index (κ3) is 6.17. The molecule has 0 bridgehead atoms. The summed E-state index contributed by atoms with van der Waals surface area (Å²) >= 11 is 0. The lowest BCUT2D eigenvalue weighted by molar-refractivity contribution is 0.286. The molecule has 2 aliphatic rings. The van der Waals surface area contributed by atoms with E-state index >= 15 is 0 Å². The Morgan fingerprint density at radius 1 is 1.15 bits per heavy atom. The van der Waals surface area contributed by atoms with Crippen molar-refractivity contribution in [2.75, 3.05) is 31.5 Å². The van der Waals surface area contributed by atoms with Crippen molar-refractivity contribution >= 4 is 16.8 Å². The lowest BCUT2D eigenvalue weighted by Crippen LogP contribution is -2.35. The SMILES string of the molecule is C=C(C)/C(=C/CCCCN1CCC2=C(CNc3ccc(O)cc32)C1)c1ccccc1C.CC. The second-order valence-corrected chi connectivity index (χ2v) is 8.90.